The molecule has 122 valence electrons. The third kappa shape index (κ3) is 3.98. The van der Waals surface area contributed by atoms with Crippen molar-refractivity contribution < 1.29 is 4.79 Å². The standard InChI is InChI=1S/C17H33N3O/c1-13(2)14-7-5-6-8-15(14)19-16(21)17(3,4)20-11-9-18-10-12-20/h13-15,18H,5-12H2,1-4H3,(H,19,21). The van der Waals surface area contributed by atoms with Crippen LogP contribution in [0.15, 0.2) is 0 Å². The van der Waals surface area contributed by atoms with Gasteiger partial charge in [-0.25, -0.2) is 0 Å². The molecular formula is C17H33N3O. The molecule has 1 amide bonds. The lowest BCUT2D eigenvalue weighted by Crippen LogP contribution is -2.62. The van der Waals surface area contributed by atoms with Crippen molar-refractivity contribution in [3.05, 3.63) is 0 Å². The molecular weight excluding hydrogens is 262 g/mol. The highest BCUT2D eigenvalue weighted by molar-refractivity contribution is 5.85. The van der Waals surface area contributed by atoms with Crippen LogP contribution in [0.3, 0.4) is 0 Å². The fourth-order valence-corrected chi connectivity index (χ4v) is 3.85. The van der Waals surface area contributed by atoms with Gasteiger partial charge in [0, 0.05) is 32.2 Å². The summed E-state index contributed by atoms with van der Waals surface area (Å²) in [7, 11) is 0. The van der Waals surface area contributed by atoms with E-state index in [9.17, 15) is 4.79 Å². The Hall–Kier alpha value is -0.610. The fourth-order valence-electron chi connectivity index (χ4n) is 3.85. The average Bonchev–Trinajstić information content (AvgIpc) is 2.48. The maximum absolute atomic E-state index is 12.8. The van der Waals surface area contributed by atoms with E-state index >= 15 is 0 Å². The molecule has 4 nitrogen and oxygen atoms in total. The summed E-state index contributed by atoms with van der Waals surface area (Å²) in [5.41, 5.74) is -0.402. The summed E-state index contributed by atoms with van der Waals surface area (Å²) in [5.74, 6) is 1.50. The summed E-state index contributed by atoms with van der Waals surface area (Å²) in [6.45, 7) is 12.6. The predicted molar refractivity (Wildman–Crippen MR) is 87.2 cm³/mol. The molecule has 1 aliphatic carbocycles. The molecule has 2 fully saturated rings. The van der Waals surface area contributed by atoms with Crippen molar-refractivity contribution in [3.8, 4) is 0 Å². The van der Waals surface area contributed by atoms with Gasteiger partial charge in [0.05, 0.1) is 5.54 Å². The van der Waals surface area contributed by atoms with E-state index in [-0.39, 0.29) is 5.91 Å². The van der Waals surface area contributed by atoms with E-state index in [1.54, 1.807) is 0 Å². The molecule has 2 N–H and O–H groups in total. The summed E-state index contributed by atoms with van der Waals surface area (Å²) in [4.78, 5) is 15.1. The molecule has 1 heterocycles. The first-order valence-corrected chi connectivity index (χ1v) is 8.69. The largest absolute Gasteiger partial charge is 0.351 e. The highest BCUT2D eigenvalue weighted by atomic mass is 16.2. The number of carbonyl (C=O) groups is 1. The van der Waals surface area contributed by atoms with Crippen molar-refractivity contribution in [1.82, 2.24) is 15.5 Å². The van der Waals surface area contributed by atoms with Gasteiger partial charge < -0.3 is 10.6 Å². The van der Waals surface area contributed by atoms with Crippen molar-refractivity contribution in [1.29, 1.82) is 0 Å². The summed E-state index contributed by atoms with van der Waals surface area (Å²) in [6.07, 6.45) is 4.97. The quantitative estimate of drug-likeness (QED) is 0.834. The van der Waals surface area contributed by atoms with Crippen LogP contribution in [-0.4, -0.2) is 48.6 Å². The van der Waals surface area contributed by atoms with Crippen molar-refractivity contribution in [2.24, 2.45) is 11.8 Å². The van der Waals surface area contributed by atoms with Crippen molar-refractivity contribution in [3.63, 3.8) is 0 Å². The molecule has 1 aliphatic heterocycles. The SMILES string of the molecule is CC(C)C1CCCCC1NC(=O)C(C)(C)N1CCNCC1. The first-order chi connectivity index (χ1) is 9.93. The molecule has 0 radical (unpaired) electrons. The Kier molecular flexibility index (Phi) is 5.67. The third-order valence-electron chi connectivity index (χ3n) is 5.46. The summed E-state index contributed by atoms with van der Waals surface area (Å²) in [6, 6.07) is 0.369. The minimum absolute atomic E-state index is 0.210. The van der Waals surface area contributed by atoms with Crippen LogP contribution in [0.5, 0.6) is 0 Å². The molecule has 4 heteroatoms. The Morgan fingerprint density at radius 2 is 1.81 bits per heavy atom. The smallest absolute Gasteiger partial charge is 0.240 e. The molecule has 2 atom stereocenters. The zero-order valence-electron chi connectivity index (χ0n) is 14.2. The van der Waals surface area contributed by atoms with Gasteiger partial charge in [0.2, 0.25) is 5.91 Å². The molecule has 2 unspecified atom stereocenters. The monoisotopic (exact) mass is 295 g/mol. The van der Waals surface area contributed by atoms with E-state index in [2.05, 4.69) is 43.2 Å². The molecule has 2 rings (SSSR count). The van der Waals surface area contributed by atoms with Crippen LogP contribution < -0.4 is 10.6 Å². The number of carbonyl (C=O) groups excluding carboxylic acids is 1. The van der Waals surface area contributed by atoms with Crippen LogP contribution in [0.2, 0.25) is 0 Å². The number of nitrogens with one attached hydrogen (secondary N) is 2. The summed E-state index contributed by atoms with van der Waals surface area (Å²) >= 11 is 0. The Morgan fingerprint density at radius 1 is 1.19 bits per heavy atom. The summed E-state index contributed by atoms with van der Waals surface area (Å²) < 4.78 is 0. The van der Waals surface area contributed by atoms with Gasteiger partial charge in [0.15, 0.2) is 0 Å². The van der Waals surface area contributed by atoms with Gasteiger partial charge in [-0.15, -0.1) is 0 Å². The summed E-state index contributed by atoms with van der Waals surface area (Å²) in [5, 5.41) is 6.74. The van der Waals surface area contributed by atoms with E-state index in [0.717, 1.165) is 32.6 Å². The van der Waals surface area contributed by atoms with Crippen LogP contribution in [-0.2, 0) is 4.79 Å². The number of rotatable bonds is 4. The van der Waals surface area contributed by atoms with Gasteiger partial charge >= 0.3 is 0 Å². The lowest BCUT2D eigenvalue weighted by atomic mass is 9.77. The van der Waals surface area contributed by atoms with Crippen molar-refractivity contribution in [2.75, 3.05) is 26.2 Å². The Bertz CT molecular complexity index is 348. The van der Waals surface area contributed by atoms with E-state index in [4.69, 9.17) is 0 Å². The first kappa shape index (κ1) is 16.8. The van der Waals surface area contributed by atoms with Gasteiger partial charge in [0.25, 0.3) is 0 Å². The van der Waals surface area contributed by atoms with Crippen LogP contribution in [0.4, 0.5) is 0 Å². The van der Waals surface area contributed by atoms with Crippen molar-refractivity contribution in [2.45, 2.75) is 65.0 Å². The van der Waals surface area contributed by atoms with Gasteiger partial charge in [-0.2, -0.15) is 0 Å². The molecule has 1 saturated heterocycles. The zero-order valence-corrected chi connectivity index (χ0v) is 14.2. The topological polar surface area (TPSA) is 44.4 Å². The van der Waals surface area contributed by atoms with Gasteiger partial charge in [0.1, 0.15) is 0 Å². The molecule has 0 aromatic heterocycles. The Labute approximate surface area is 130 Å². The highest BCUT2D eigenvalue weighted by Crippen LogP contribution is 2.30. The molecule has 0 bridgehead atoms. The van der Waals surface area contributed by atoms with E-state index in [1.807, 2.05) is 0 Å². The predicted octanol–water partition coefficient (Wildman–Crippen LogP) is 2.00. The zero-order chi connectivity index (χ0) is 15.5. The second-order valence-corrected chi connectivity index (χ2v) is 7.57. The number of amides is 1. The minimum atomic E-state index is -0.402. The maximum Gasteiger partial charge on any atom is 0.240 e. The minimum Gasteiger partial charge on any atom is -0.351 e. The van der Waals surface area contributed by atoms with Gasteiger partial charge in [-0.05, 0) is 38.5 Å². The number of piperazine rings is 1. The molecule has 0 aromatic rings. The molecule has 0 spiro atoms. The third-order valence-corrected chi connectivity index (χ3v) is 5.46. The van der Waals surface area contributed by atoms with E-state index < -0.39 is 5.54 Å². The second-order valence-electron chi connectivity index (χ2n) is 7.57. The van der Waals surface area contributed by atoms with E-state index in [1.165, 1.54) is 19.3 Å². The molecule has 21 heavy (non-hydrogen) atoms. The van der Waals surface area contributed by atoms with Crippen LogP contribution in [0, 0.1) is 11.8 Å². The molecule has 1 saturated carbocycles. The lowest BCUT2D eigenvalue weighted by Gasteiger charge is -2.42. The number of nitrogens with zero attached hydrogens (tertiary/aromatic N) is 1. The van der Waals surface area contributed by atoms with Gasteiger partial charge in [-0.1, -0.05) is 26.7 Å². The number of hydrogen-bond donors (Lipinski definition) is 2. The maximum atomic E-state index is 12.8. The van der Waals surface area contributed by atoms with E-state index in [0.29, 0.717) is 17.9 Å². The number of hydrogen-bond acceptors (Lipinski definition) is 3. The Morgan fingerprint density at radius 3 is 2.43 bits per heavy atom. The van der Waals surface area contributed by atoms with Gasteiger partial charge in [-0.3, -0.25) is 9.69 Å². The molecule has 0 aromatic carbocycles. The average molecular weight is 295 g/mol. The highest BCUT2D eigenvalue weighted by Gasteiger charge is 2.38. The lowest BCUT2D eigenvalue weighted by molar-refractivity contribution is -0.133. The van der Waals surface area contributed by atoms with Crippen LogP contribution >= 0.6 is 0 Å². The first-order valence-electron chi connectivity index (χ1n) is 8.69. The van der Waals surface area contributed by atoms with Crippen LogP contribution in [0.25, 0.3) is 0 Å². The van der Waals surface area contributed by atoms with Crippen molar-refractivity contribution >= 4 is 5.91 Å². The second kappa shape index (κ2) is 7.10. The normalized spacial score (nSPS) is 28.6. The fraction of sp³-hybridized carbons (Fsp3) is 0.941. The molecule has 2 aliphatic rings. The van der Waals surface area contributed by atoms with Crippen LogP contribution in [0.1, 0.15) is 53.4 Å². The Balaban J connectivity index is 1.98.